The summed E-state index contributed by atoms with van der Waals surface area (Å²) in [6.45, 7) is 8.45. The number of hydrogen-bond donors (Lipinski definition) is 0. The molecule has 0 bridgehead atoms. The van der Waals surface area contributed by atoms with Gasteiger partial charge in [-0.3, -0.25) is 0 Å². The molecule has 0 radical (unpaired) electrons. The van der Waals surface area contributed by atoms with E-state index in [0.717, 1.165) is 24.6 Å². The molecule has 0 N–H and O–H groups in total. The number of hydrogen-bond acceptors (Lipinski definition) is 2. The van der Waals surface area contributed by atoms with Crippen LogP contribution >= 0.6 is 0 Å². The first-order valence-corrected chi connectivity index (χ1v) is 12.3. The van der Waals surface area contributed by atoms with Gasteiger partial charge in [-0.25, -0.2) is 0 Å². The minimum Gasteiger partial charge on any atom is -0.403 e. The van der Waals surface area contributed by atoms with Crippen molar-refractivity contribution in [1.82, 2.24) is 4.57 Å². The van der Waals surface area contributed by atoms with E-state index in [9.17, 15) is 0 Å². The molecule has 2 aromatic carbocycles. The Kier molecular flexibility index (Phi) is 4.92. The Balaban J connectivity index is 1.33. The highest BCUT2D eigenvalue weighted by atomic mass is 16.7. The Hall–Kier alpha value is -3.00. The van der Waals surface area contributed by atoms with Gasteiger partial charge in [-0.1, -0.05) is 48.6 Å². The van der Waals surface area contributed by atoms with Crippen molar-refractivity contribution in [2.24, 2.45) is 0 Å². The molecular weight excluding hydrogens is 417 g/mol. The molecule has 34 heavy (non-hydrogen) atoms. The maximum Gasteiger partial charge on any atom is 0.465 e. The fourth-order valence-corrected chi connectivity index (χ4v) is 5.22. The lowest BCUT2D eigenvalue weighted by Gasteiger charge is -2.32. The monoisotopic (exact) mass is 447 g/mol. The van der Waals surface area contributed by atoms with Crippen LogP contribution in [0.5, 0.6) is 0 Å². The molecule has 3 nitrogen and oxygen atoms in total. The maximum absolute atomic E-state index is 6.29. The first kappa shape index (κ1) is 21.5. The topological polar surface area (TPSA) is 23.4 Å². The molecule has 6 rings (SSSR count). The second-order valence-corrected chi connectivity index (χ2v) is 10.6. The SMILES string of the molecule is CC1(C)OB(C2C=CC(c3ccc4c(c3)c3c#cccc3n4C3=CC=CCC3)=CC2)OC1(C)C. The predicted molar refractivity (Wildman–Crippen MR) is 141 cm³/mol. The third-order valence-electron chi connectivity index (χ3n) is 7.89. The third kappa shape index (κ3) is 3.38. The Bertz CT molecular complexity index is 1390. The molecule has 1 atom stereocenters. The van der Waals surface area contributed by atoms with Crippen molar-refractivity contribution in [2.75, 3.05) is 0 Å². The van der Waals surface area contributed by atoms with Crippen LogP contribution < -0.4 is 0 Å². The van der Waals surface area contributed by atoms with Crippen molar-refractivity contribution in [3.05, 3.63) is 84.5 Å². The number of nitrogens with zero attached hydrogens (tertiary/aromatic N) is 1. The number of rotatable bonds is 3. The normalized spacial score (nSPS) is 23.3. The van der Waals surface area contributed by atoms with Crippen molar-refractivity contribution < 1.29 is 9.31 Å². The summed E-state index contributed by atoms with van der Waals surface area (Å²) in [4.78, 5) is 0. The highest BCUT2D eigenvalue weighted by Gasteiger charge is 2.53. The van der Waals surface area contributed by atoms with Gasteiger partial charge in [-0.05, 0) is 88.4 Å². The van der Waals surface area contributed by atoms with Gasteiger partial charge in [0.2, 0.25) is 0 Å². The molecule has 1 unspecified atom stereocenters. The lowest BCUT2D eigenvalue weighted by Crippen LogP contribution is -2.41. The first-order chi connectivity index (χ1) is 16.3. The molecule has 4 heteroatoms. The molecule has 3 aliphatic rings. The van der Waals surface area contributed by atoms with E-state index in [1.54, 1.807) is 0 Å². The van der Waals surface area contributed by atoms with Gasteiger partial charge in [0.05, 0.1) is 27.6 Å². The predicted octanol–water partition coefficient (Wildman–Crippen LogP) is 7.39. The van der Waals surface area contributed by atoms with Gasteiger partial charge >= 0.3 is 7.12 Å². The number of benzene rings is 1. The zero-order valence-electron chi connectivity index (χ0n) is 20.4. The van der Waals surface area contributed by atoms with Crippen LogP contribution in [0.2, 0.25) is 5.82 Å². The van der Waals surface area contributed by atoms with Gasteiger partial charge in [-0.2, -0.15) is 0 Å². The fourth-order valence-electron chi connectivity index (χ4n) is 5.22. The quantitative estimate of drug-likeness (QED) is 0.391. The van der Waals surface area contributed by atoms with Crippen molar-refractivity contribution >= 4 is 40.2 Å². The summed E-state index contributed by atoms with van der Waals surface area (Å²) in [5, 5.41) is 2.35. The lowest BCUT2D eigenvalue weighted by atomic mass is 9.68. The summed E-state index contributed by atoms with van der Waals surface area (Å²) in [7, 11) is -0.206. The van der Waals surface area contributed by atoms with E-state index >= 15 is 0 Å². The summed E-state index contributed by atoms with van der Waals surface area (Å²) in [5.74, 6) is 0.227. The van der Waals surface area contributed by atoms with Crippen LogP contribution in [0.4, 0.5) is 0 Å². The summed E-state index contributed by atoms with van der Waals surface area (Å²) in [6.07, 6.45) is 16.5. The lowest BCUT2D eigenvalue weighted by molar-refractivity contribution is 0.00578. The van der Waals surface area contributed by atoms with Crippen LogP contribution in [0, 0.1) is 12.1 Å². The van der Waals surface area contributed by atoms with Gasteiger partial charge in [0.25, 0.3) is 0 Å². The van der Waals surface area contributed by atoms with Crippen molar-refractivity contribution in [2.45, 2.75) is 64.0 Å². The molecule has 1 saturated heterocycles. The van der Waals surface area contributed by atoms with Crippen LogP contribution in [0.15, 0.2) is 66.8 Å². The van der Waals surface area contributed by atoms with E-state index in [1.165, 1.54) is 33.3 Å². The summed E-state index contributed by atoms with van der Waals surface area (Å²) in [6, 6.07) is 17.5. The number of allylic oxidation sites excluding steroid dienone is 8. The molecule has 1 aromatic heterocycles. The van der Waals surface area contributed by atoms with E-state index in [4.69, 9.17) is 9.31 Å². The molecule has 3 aromatic rings. The molecule has 2 aliphatic carbocycles. The molecule has 1 aliphatic heterocycles. The van der Waals surface area contributed by atoms with Gasteiger partial charge in [-0.15, -0.1) is 0 Å². The number of aromatic nitrogens is 1. The zero-order valence-corrected chi connectivity index (χ0v) is 20.4. The fraction of sp³-hybridized carbons (Fsp3) is 0.333. The van der Waals surface area contributed by atoms with Crippen molar-refractivity contribution in [3.8, 4) is 0 Å². The van der Waals surface area contributed by atoms with E-state index in [-0.39, 0.29) is 24.1 Å². The molecule has 0 spiro atoms. The highest BCUT2D eigenvalue weighted by molar-refractivity contribution is 6.48. The second kappa shape index (κ2) is 7.77. The zero-order chi connectivity index (χ0) is 23.5. The van der Waals surface area contributed by atoms with Crippen molar-refractivity contribution in [1.29, 1.82) is 0 Å². The van der Waals surface area contributed by atoms with Crippen LogP contribution in [0.25, 0.3) is 33.1 Å². The van der Waals surface area contributed by atoms with E-state index in [2.05, 4.69) is 105 Å². The Labute approximate surface area is 202 Å². The third-order valence-corrected chi connectivity index (χ3v) is 7.89. The summed E-state index contributed by atoms with van der Waals surface area (Å²) < 4.78 is 15.0. The summed E-state index contributed by atoms with van der Waals surface area (Å²) >= 11 is 0. The Morgan fingerprint density at radius 1 is 1.06 bits per heavy atom. The standard InChI is InChI=1S/C30H30BNO2/c1-29(2)30(3,4)34-31(33-29)23-17-14-21(15-18-23)22-16-19-28-26(20-22)25-12-8-9-13-27(25)32(28)24-10-6-5-7-11-24/h5-6,9-10,13-17,19-20,23H,7,11,18H2,1-4H3. The molecular formula is C30H30BNO2. The molecule has 1 fully saturated rings. The molecule has 170 valence electrons. The van der Waals surface area contributed by atoms with Gasteiger partial charge in [0, 0.05) is 16.9 Å². The second-order valence-electron chi connectivity index (χ2n) is 10.6. The summed E-state index contributed by atoms with van der Waals surface area (Å²) in [5.41, 5.74) is 5.63. The average molecular weight is 447 g/mol. The maximum atomic E-state index is 6.29. The highest BCUT2D eigenvalue weighted by Crippen LogP contribution is 2.43. The Morgan fingerprint density at radius 3 is 2.59 bits per heavy atom. The molecule has 2 heterocycles. The largest absolute Gasteiger partial charge is 0.465 e. The Morgan fingerprint density at radius 2 is 1.88 bits per heavy atom. The van der Waals surface area contributed by atoms with E-state index < -0.39 is 0 Å². The molecule has 0 saturated carbocycles. The van der Waals surface area contributed by atoms with Gasteiger partial charge < -0.3 is 13.9 Å². The smallest absolute Gasteiger partial charge is 0.403 e. The minimum atomic E-state index is -0.300. The van der Waals surface area contributed by atoms with E-state index in [1.807, 2.05) is 6.07 Å². The van der Waals surface area contributed by atoms with Gasteiger partial charge in [0.15, 0.2) is 0 Å². The van der Waals surface area contributed by atoms with Crippen LogP contribution in [-0.2, 0) is 9.31 Å². The molecule has 0 amide bonds. The number of fused-ring (bicyclic) bond motifs is 3. The van der Waals surface area contributed by atoms with Gasteiger partial charge in [0.1, 0.15) is 0 Å². The first-order valence-electron chi connectivity index (χ1n) is 12.3. The van der Waals surface area contributed by atoms with Crippen molar-refractivity contribution in [3.63, 3.8) is 0 Å². The van der Waals surface area contributed by atoms with Crippen LogP contribution in [-0.4, -0.2) is 22.9 Å². The van der Waals surface area contributed by atoms with Crippen LogP contribution in [0.1, 0.15) is 52.5 Å². The average Bonchev–Trinajstić information content (AvgIpc) is 3.29. The minimum absolute atomic E-state index is 0.206. The van der Waals surface area contributed by atoms with Crippen LogP contribution in [0.3, 0.4) is 0 Å². The van der Waals surface area contributed by atoms with E-state index in [0.29, 0.717) is 0 Å².